The molecule has 0 bridgehead atoms. The van der Waals surface area contributed by atoms with Crippen molar-refractivity contribution in [3.05, 3.63) is 23.8 Å². The number of imidazole rings is 1. The van der Waals surface area contributed by atoms with E-state index in [0.29, 0.717) is 0 Å². The van der Waals surface area contributed by atoms with Gasteiger partial charge in [0, 0.05) is 13.1 Å². The van der Waals surface area contributed by atoms with Gasteiger partial charge in [-0.2, -0.15) is 0 Å². The number of aromatic nitrogens is 2. The van der Waals surface area contributed by atoms with Crippen molar-refractivity contribution in [2.75, 3.05) is 11.9 Å². The molecule has 0 spiro atoms. The molecule has 3 heteroatoms. The van der Waals surface area contributed by atoms with Crippen LogP contribution in [0.1, 0.15) is 26.3 Å². The fourth-order valence-corrected chi connectivity index (χ4v) is 2.24. The molecule has 0 aliphatic carbocycles. The summed E-state index contributed by atoms with van der Waals surface area (Å²) in [6.07, 6.45) is 0. The average Bonchev–Trinajstić information content (AvgIpc) is 2.74. The molecule has 1 aromatic heterocycles. The Hall–Kier alpha value is -1.51. The molecule has 1 aliphatic rings. The summed E-state index contributed by atoms with van der Waals surface area (Å²) in [4.78, 5) is 4.62. The molecule has 84 valence electrons. The molecule has 3 nitrogen and oxygen atoms in total. The molecule has 1 aliphatic heterocycles. The number of fused-ring (bicyclic) bond motifs is 3. The highest BCUT2D eigenvalue weighted by atomic mass is 15.3. The Labute approximate surface area is 95.5 Å². The van der Waals surface area contributed by atoms with Gasteiger partial charge in [0.05, 0.1) is 11.0 Å². The topological polar surface area (TPSA) is 29.9 Å². The molecule has 0 radical (unpaired) electrons. The van der Waals surface area contributed by atoms with Crippen molar-refractivity contribution in [2.24, 2.45) is 0 Å². The Morgan fingerprint density at radius 2 is 2.12 bits per heavy atom. The van der Waals surface area contributed by atoms with Crippen molar-refractivity contribution in [3.8, 4) is 0 Å². The van der Waals surface area contributed by atoms with Crippen molar-refractivity contribution >= 4 is 17.0 Å². The van der Waals surface area contributed by atoms with Gasteiger partial charge in [-0.1, -0.05) is 26.8 Å². The highest BCUT2D eigenvalue weighted by Crippen LogP contribution is 2.28. The summed E-state index contributed by atoms with van der Waals surface area (Å²) < 4.78 is 2.25. The van der Waals surface area contributed by atoms with Gasteiger partial charge in [0.2, 0.25) is 5.95 Å². The van der Waals surface area contributed by atoms with Crippen molar-refractivity contribution in [2.45, 2.75) is 32.7 Å². The van der Waals surface area contributed by atoms with Crippen molar-refractivity contribution in [3.63, 3.8) is 0 Å². The van der Waals surface area contributed by atoms with Gasteiger partial charge in [-0.25, -0.2) is 4.98 Å². The van der Waals surface area contributed by atoms with E-state index in [9.17, 15) is 0 Å². The van der Waals surface area contributed by atoms with Gasteiger partial charge >= 0.3 is 0 Å². The minimum atomic E-state index is 0.190. The van der Waals surface area contributed by atoms with Crippen LogP contribution >= 0.6 is 0 Å². The van der Waals surface area contributed by atoms with Gasteiger partial charge in [-0.3, -0.25) is 0 Å². The maximum atomic E-state index is 4.62. The molecule has 0 fully saturated rings. The number of hydrogen-bond acceptors (Lipinski definition) is 2. The molecular formula is C13H17N3. The molecule has 0 atom stereocenters. The predicted octanol–water partition coefficient (Wildman–Crippen LogP) is 2.76. The second kappa shape index (κ2) is 3.00. The van der Waals surface area contributed by atoms with E-state index in [1.165, 1.54) is 11.1 Å². The van der Waals surface area contributed by atoms with E-state index in [2.05, 4.69) is 53.8 Å². The first-order valence-electron chi connectivity index (χ1n) is 5.80. The monoisotopic (exact) mass is 215 g/mol. The number of hydrogen-bond donors (Lipinski definition) is 1. The molecule has 0 unspecified atom stereocenters. The van der Waals surface area contributed by atoms with E-state index in [1.54, 1.807) is 0 Å². The van der Waals surface area contributed by atoms with Crippen LogP contribution in [0.25, 0.3) is 11.0 Å². The van der Waals surface area contributed by atoms with E-state index in [-0.39, 0.29) is 5.41 Å². The lowest BCUT2D eigenvalue weighted by Gasteiger charge is -2.18. The van der Waals surface area contributed by atoms with E-state index < -0.39 is 0 Å². The smallest absolute Gasteiger partial charge is 0.204 e. The zero-order chi connectivity index (χ0) is 11.3. The van der Waals surface area contributed by atoms with Crippen LogP contribution < -0.4 is 5.32 Å². The third-order valence-corrected chi connectivity index (χ3v) is 3.23. The summed E-state index contributed by atoms with van der Waals surface area (Å²) in [5.41, 5.74) is 3.88. The van der Waals surface area contributed by atoms with Crippen LogP contribution in [0, 0.1) is 0 Å². The first-order valence-corrected chi connectivity index (χ1v) is 5.80. The lowest BCUT2D eigenvalue weighted by atomic mass is 9.87. The summed E-state index contributed by atoms with van der Waals surface area (Å²) in [5.74, 6) is 1.01. The quantitative estimate of drug-likeness (QED) is 0.732. The SMILES string of the molecule is CC(C)(C)c1ccc2c(c1)nc1n2CCN1. The second-order valence-electron chi connectivity index (χ2n) is 5.47. The highest BCUT2D eigenvalue weighted by Gasteiger charge is 2.18. The lowest BCUT2D eigenvalue weighted by Crippen LogP contribution is -2.10. The van der Waals surface area contributed by atoms with Crippen molar-refractivity contribution < 1.29 is 0 Å². The second-order valence-corrected chi connectivity index (χ2v) is 5.47. The molecule has 3 rings (SSSR count). The molecule has 1 N–H and O–H groups in total. The van der Waals surface area contributed by atoms with Crippen molar-refractivity contribution in [1.29, 1.82) is 0 Å². The largest absolute Gasteiger partial charge is 0.354 e. The molecule has 0 amide bonds. The van der Waals surface area contributed by atoms with E-state index in [1.807, 2.05) is 0 Å². The number of rotatable bonds is 0. The van der Waals surface area contributed by atoms with Crippen LogP contribution in [0.2, 0.25) is 0 Å². The minimum absolute atomic E-state index is 0.190. The molecule has 0 saturated heterocycles. The molecule has 2 aromatic rings. The fourth-order valence-electron chi connectivity index (χ4n) is 2.24. The first kappa shape index (κ1) is 9.70. The van der Waals surface area contributed by atoms with E-state index in [4.69, 9.17) is 0 Å². The number of nitrogens with one attached hydrogen (secondary N) is 1. The van der Waals surface area contributed by atoms with Crippen LogP contribution in [0.3, 0.4) is 0 Å². The molecule has 16 heavy (non-hydrogen) atoms. The summed E-state index contributed by atoms with van der Waals surface area (Å²) >= 11 is 0. The van der Waals surface area contributed by atoms with Crippen LogP contribution in [-0.2, 0) is 12.0 Å². The Bertz CT molecular complexity index is 546. The number of anilines is 1. The highest BCUT2D eigenvalue weighted by molar-refractivity contribution is 5.80. The first-order chi connectivity index (χ1) is 7.55. The normalized spacial score (nSPS) is 15.2. The van der Waals surface area contributed by atoms with Gasteiger partial charge < -0.3 is 9.88 Å². The third-order valence-electron chi connectivity index (χ3n) is 3.23. The number of nitrogens with zero attached hydrogens (tertiary/aromatic N) is 2. The minimum Gasteiger partial charge on any atom is -0.354 e. The zero-order valence-electron chi connectivity index (χ0n) is 10.0. The Morgan fingerprint density at radius 1 is 1.31 bits per heavy atom. The average molecular weight is 215 g/mol. The zero-order valence-corrected chi connectivity index (χ0v) is 10.0. The Kier molecular flexibility index (Phi) is 1.82. The molecular weight excluding hydrogens is 198 g/mol. The maximum Gasteiger partial charge on any atom is 0.204 e. The Morgan fingerprint density at radius 3 is 2.88 bits per heavy atom. The lowest BCUT2D eigenvalue weighted by molar-refractivity contribution is 0.591. The van der Waals surface area contributed by atoms with Crippen LogP contribution in [-0.4, -0.2) is 16.1 Å². The van der Waals surface area contributed by atoms with Gasteiger partial charge in [0.1, 0.15) is 0 Å². The van der Waals surface area contributed by atoms with Gasteiger partial charge in [-0.15, -0.1) is 0 Å². The van der Waals surface area contributed by atoms with E-state index >= 15 is 0 Å². The molecule has 2 heterocycles. The van der Waals surface area contributed by atoms with Crippen LogP contribution in [0.15, 0.2) is 18.2 Å². The molecule has 0 saturated carbocycles. The van der Waals surface area contributed by atoms with E-state index in [0.717, 1.165) is 24.6 Å². The van der Waals surface area contributed by atoms with Gasteiger partial charge in [-0.05, 0) is 23.1 Å². The molecule has 1 aromatic carbocycles. The standard InChI is InChI=1S/C13H17N3/c1-13(2,3)9-4-5-11-10(8-9)15-12-14-6-7-16(11)12/h4-5,8H,6-7H2,1-3H3,(H,14,15). The van der Waals surface area contributed by atoms with Gasteiger partial charge in [0.25, 0.3) is 0 Å². The summed E-state index contributed by atoms with van der Waals surface area (Å²) in [6, 6.07) is 6.62. The number of benzene rings is 1. The fraction of sp³-hybridized carbons (Fsp3) is 0.462. The van der Waals surface area contributed by atoms with Crippen LogP contribution in [0.5, 0.6) is 0 Å². The summed E-state index contributed by atoms with van der Waals surface area (Å²) in [5, 5.41) is 3.30. The van der Waals surface area contributed by atoms with Crippen molar-refractivity contribution in [1.82, 2.24) is 9.55 Å². The van der Waals surface area contributed by atoms with Gasteiger partial charge in [0.15, 0.2) is 0 Å². The maximum absolute atomic E-state index is 4.62. The third kappa shape index (κ3) is 1.31. The van der Waals surface area contributed by atoms with Crippen LogP contribution in [0.4, 0.5) is 5.95 Å². The predicted molar refractivity (Wildman–Crippen MR) is 66.9 cm³/mol. The Balaban J connectivity index is 2.21. The summed E-state index contributed by atoms with van der Waals surface area (Å²) in [6.45, 7) is 8.72. The summed E-state index contributed by atoms with van der Waals surface area (Å²) in [7, 11) is 0.